The quantitative estimate of drug-likeness (QED) is 0.451. The third kappa shape index (κ3) is 4.97. The Kier molecular flexibility index (Phi) is 7.59. The predicted octanol–water partition coefficient (Wildman–Crippen LogP) is 4.61. The van der Waals surface area contributed by atoms with Gasteiger partial charge in [-0.25, -0.2) is 9.97 Å². The van der Waals surface area contributed by atoms with Gasteiger partial charge in [-0.2, -0.15) is 0 Å². The van der Waals surface area contributed by atoms with E-state index in [0.717, 1.165) is 71.9 Å². The first-order chi connectivity index (χ1) is 16.7. The van der Waals surface area contributed by atoms with Crippen LogP contribution in [-0.2, 0) is 7.05 Å². The number of hydrogen-bond donors (Lipinski definition) is 2. The van der Waals surface area contributed by atoms with E-state index in [2.05, 4.69) is 48.4 Å². The highest BCUT2D eigenvalue weighted by atomic mass is 16.5. The van der Waals surface area contributed by atoms with Gasteiger partial charge in [-0.05, 0) is 37.2 Å². The molecule has 0 radical (unpaired) electrons. The molecule has 0 atom stereocenters. The van der Waals surface area contributed by atoms with Crippen LogP contribution in [0.15, 0.2) is 55.1 Å². The van der Waals surface area contributed by atoms with E-state index in [1.165, 1.54) is 0 Å². The van der Waals surface area contributed by atoms with Crippen molar-refractivity contribution in [2.75, 3.05) is 43.5 Å². The summed E-state index contributed by atoms with van der Waals surface area (Å²) in [7, 11) is 3.70. The van der Waals surface area contributed by atoms with Crippen LogP contribution in [0.5, 0.6) is 5.75 Å². The molecule has 1 aliphatic rings. The van der Waals surface area contributed by atoms with Gasteiger partial charge in [0.1, 0.15) is 5.75 Å². The summed E-state index contributed by atoms with van der Waals surface area (Å²) in [4.78, 5) is 15.8. The maximum Gasteiger partial charge on any atom is 0.227 e. The average molecular weight is 460 g/mol. The molecule has 2 N–H and O–H groups in total. The number of anilines is 3. The Balaban J connectivity index is 0.00000133. The lowest BCUT2D eigenvalue weighted by Crippen LogP contribution is -2.27. The van der Waals surface area contributed by atoms with Gasteiger partial charge in [-0.15, -0.1) is 0 Å². The molecule has 4 heterocycles. The fourth-order valence-electron chi connectivity index (χ4n) is 4.20. The summed E-state index contributed by atoms with van der Waals surface area (Å²) in [5.41, 5.74) is 4.97. The van der Waals surface area contributed by atoms with Crippen molar-refractivity contribution in [3.63, 3.8) is 0 Å². The molecule has 1 aliphatic heterocycles. The first kappa shape index (κ1) is 23.5. The minimum Gasteiger partial charge on any atom is -0.494 e. The molecular weight excluding hydrogens is 426 g/mol. The number of hydrogen-bond acceptors (Lipinski definition) is 7. The first-order valence-electron chi connectivity index (χ1n) is 11.9. The molecule has 0 saturated carbocycles. The maximum atomic E-state index is 5.69. The smallest absolute Gasteiger partial charge is 0.227 e. The van der Waals surface area contributed by atoms with Crippen molar-refractivity contribution in [1.82, 2.24) is 24.8 Å². The molecule has 178 valence electrons. The second-order valence-electron chi connectivity index (χ2n) is 7.91. The van der Waals surface area contributed by atoms with E-state index in [4.69, 9.17) is 9.72 Å². The largest absolute Gasteiger partial charge is 0.494 e. The minimum absolute atomic E-state index is 0.526. The van der Waals surface area contributed by atoms with E-state index in [-0.39, 0.29) is 0 Å². The Morgan fingerprint density at radius 1 is 1.06 bits per heavy atom. The lowest BCUT2D eigenvalue weighted by atomic mass is 10.1. The molecule has 8 heteroatoms. The number of ether oxygens (including phenoxy) is 1. The molecule has 3 aromatic heterocycles. The highest BCUT2D eigenvalue weighted by Gasteiger charge is 2.14. The van der Waals surface area contributed by atoms with E-state index in [0.29, 0.717) is 5.95 Å². The van der Waals surface area contributed by atoms with Crippen LogP contribution in [-0.4, -0.2) is 52.8 Å². The minimum atomic E-state index is 0.526. The SMILES string of the molecule is CC.COc1cc(N2CCCNCC2)ccc1Nc1nccc(-c2cn(C)c3cnccc23)n1. The van der Waals surface area contributed by atoms with E-state index in [1.54, 1.807) is 19.5 Å². The molecule has 1 saturated heterocycles. The maximum absolute atomic E-state index is 5.69. The monoisotopic (exact) mass is 459 g/mol. The van der Waals surface area contributed by atoms with Crippen molar-refractivity contribution < 1.29 is 4.74 Å². The summed E-state index contributed by atoms with van der Waals surface area (Å²) < 4.78 is 7.75. The van der Waals surface area contributed by atoms with Crippen molar-refractivity contribution in [2.45, 2.75) is 20.3 Å². The van der Waals surface area contributed by atoms with Gasteiger partial charge < -0.3 is 24.8 Å². The lowest BCUT2D eigenvalue weighted by Gasteiger charge is -2.23. The zero-order valence-electron chi connectivity index (χ0n) is 20.4. The van der Waals surface area contributed by atoms with Gasteiger partial charge in [0, 0.05) is 68.0 Å². The van der Waals surface area contributed by atoms with Crippen LogP contribution in [0.25, 0.3) is 22.2 Å². The molecule has 4 aromatic rings. The molecule has 0 aliphatic carbocycles. The van der Waals surface area contributed by atoms with Crippen molar-refractivity contribution in [1.29, 1.82) is 0 Å². The first-order valence-corrected chi connectivity index (χ1v) is 11.9. The molecule has 1 aromatic carbocycles. The molecule has 0 bridgehead atoms. The Labute approximate surface area is 201 Å². The summed E-state index contributed by atoms with van der Waals surface area (Å²) >= 11 is 0. The van der Waals surface area contributed by atoms with Gasteiger partial charge in [-0.3, -0.25) is 4.98 Å². The zero-order valence-corrected chi connectivity index (χ0v) is 20.4. The topological polar surface area (TPSA) is 80.1 Å². The van der Waals surface area contributed by atoms with Crippen LogP contribution >= 0.6 is 0 Å². The highest BCUT2D eigenvalue weighted by molar-refractivity contribution is 5.94. The van der Waals surface area contributed by atoms with Crippen molar-refractivity contribution >= 4 is 28.2 Å². The molecule has 0 amide bonds. The van der Waals surface area contributed by atoms with E-state index < -0.39 is 0 Å². The van der Waals surface area contributed by atoms with Gasteiger partial charge in [-0.1, -0.05) is 13.8 Å². The highest BCUT2D eigenvalue weighted by Crippen LogP contribution is 2.33. The average Bonchev–Trinajstić information content (AvgIpc) is 3.04. The van der Waals surface area contributed by atoms with Crippen LogP contribution in [0.2, 0.25) is 0 Å². The number of methoxy groups -OCH3 is 1. The van der Waals surface area contributed by atoms with E-state index in [9.17, 15) is 0 Å². The predicted molar refractivity (Wildman–Crippen MR) is 139 cm³/mol. The molecular formula is C26H33N7O. The molecule has 8 nitrogen and oxygen atoms in total. The molecule has 0 spiro atoms. The second-order valence-corrected chi connectivity index (χ2v) is 7.91. The Hall–Kier alpha value is -3.65. The van der Waals surface area contributed by atoms with Crippen LogP contribution in [0.4, 0.5) is 17.3 Å². The van der Waals surface area contributed by atoms with Crippen LogP contribution < -0.4 is 20.3 Å². The number of aryl methyl sites for hydroxylation is 1. The Morgan fingerprint density at radius 2 is 1.94 bits per heavy atom. The van der Waals surface area contributed by atoms with Gasteiger partial charge in [0.15, 0.2) is 0 Å². The van der Waals surface area contributed by atoms with E-state index >= 15 is 0 Å². The van der Waals surface area contributed by atoms with Gasteiger partial charge in [0.2, 0.25) is 5.95 Å². The number of aromatic nitrogens is 4. The summed E-state index contributed by atoms with van der Waals surface area (Å²) in [6, 6.07) is 10.2. The van der Waals surface area contributed by atoms with E-state index in [1.807, 2.05) is 45.3 Å². The van der Waals surface area contributed by atoms with Gasteiger partial charge in [0.05, 0.1) is 30.2 Å². The summed E-state index contributed by atoms with van der Waals surface area (Å²) in [6.07, 6.45) is 8.65. The third-order valence-corrected chi connectivity index (χ3v) is 5.86. The van der Waals surface area contributed by atoms with Crippen LogP contribution in [0, 0.1) is 0 Å². The molecule has 1 fully saturated rings. The Morgan fingerprint density at radius 3 is 2.79 bits per heavy atom. The standard InChI is InChI=1S/C24H27N7O.C2H6/c1-30-16-19(18-6-9-26-15-22(18)30)20-7-10-27-24(28-20)29-21-5-4-17(14-23(21)32-2)31-12-3-8-25-11-13-31;1-2/h4-7,9-10,14-16,25H,3,8,11-13H2,1-2H3,(H,27,28,29);1-2H3. The van der Waals surface area contributed by atoms with Crippen LogP contribution in [0.3, 0.4) is 0 Å². The number of rotatable bonds is 5. The fourth-order valence-corrected chi connectivity index (χ4v) is 4.20. The number of fused-ring (bicyclic) bond motifs is 1. The Bertz CT molecular complexity index is 1230. The summed E-state index contributed by atoms with van der Waals surface area (Å²) in [6.45, 7) is 8.08. The number of nitrogens with one attached hydrogen (secondary N) is 2. The summed E-state index contributed by atoms with van der Waals surface area (Å²) in [5, 5.41) is 7.89. The summed E-state index contributed by atoms with van der Waals surface area (Å²) in [5.74, 6) is 1.29. The normalized spacial score (nSPS) is 13.7. The fraction of sp³-hybridized carbons (Fsp3) is 0.346. The van der Waals surface area contributed by atoms with Crippen molar-refractivity contribution in [3.05, 3.63) is 55.1 Å². The third-order valence-electron chi connectivity index (χ3n) is 5.86. The number of pyridine rings is 1. The molecule has 34 heavy (non-hydrogen) atoms. The number of benzene rings is 1. The van der Waals surface area contributed by atoms with Crippen molar-refractivity contribution in [2.24, 2.45) is 7.05 Å². The molecule has 0 unspecified atom stereocenters. The number of nitrogens with zero attached hydrogens (tertiary/aromatic N) is 5. The van der Waals surface area contributed by atoms with Crippen LogP contribution in [0.1, 0.15) is 20.3 Å². The zero-order chi connectivity index (χ0) is 23.9. The lowest BCUT2D eigenvalue weighted by molar-refractivity contribution is 0.416. The second kappa shape index (κ2) is 11.0. The molecule has 5 rings (SSSR count). The van der Waals surface area contributed by atoms with Gasteiger partial charge in [0.25, 0.3) is 0 Å². The van der Waals surface area contributed by atoms with Gasteiger partial charge >= 0.3 is 0 Å². The van der Waals surface area contributed by atoms with Crippen molar-refractivity contribution in [3.8, 4) is 17.0 Å².